The molecule has 5 atom stereocenters. The first-order chi connectivity index (χ1) is 10.8. The second kappa shape index (κ2) is 5.82. The molecule has 2 aliphatic rings. The first kappa shape index (κ1) is 16.3. The molecular formula is C17H21F3N2O. The number of fused-ring (bicyclic) bond motifs is 2. The highest BCUT2D eigenvalue weighted by Gasteiger charge is 2.49. The van der Waals surface area contributed by atoms with Gasteiger partial charge in [0, 0.05) is 6.04 Å². The van der Waals surface area contributed by atoms with Gasteiger partial charge in [-0.15, -0.1) is 0 Å². The molecule has 6 heteroatoms. The molecule has 0 saturated heterocycles. The molecule has 0 aromatic heterocycles. The van der Waals surface area contributed by atoms with E-state index < -0.39 is 17.8 Å². The predicted octanol–water partition coefficient (Wildman–Crippen LogP) is 3.26. The van der Waals surface area contributed by atoms with Crippen LogP contribution in [0.1, 0.15) is 43.4 Å². The number of nitrogens with one attached hydrogen (secondary N) is 1. The number of carbonyl (C=O) groups is 1. The third-order valence-corrected chi connectivity index (χ3v) is 5.36. The number of rotatable bonds is 3. The third kappa shape index (κ3) is 3.09. The Morgan fingerprint density at radius 1 is 1.30 bits per heavy atom. The monoisotopic (exact) mass is 326 g/mol. The van der Waals surface area contributed by atoms with E-state index in [1.54, 1.807) is 13.0 Å². The molecule has 2 aliphatic carbocycles. The highest BCUT2D eigenvalue weighted by molar-refractivity contribution is 5.80. The smallest absolute Gasteiger partial charge is 0.349 e. The Hall–Kier alpha value is -1.56. The van der Waals surface area contributed by atoms with E-state index in [4.69, 9.17) is 5.73 Å². The highest BCUT2D eigenvalue weighted by Crippen LogP contribution is 2.47. The van der Waals surface area contributed by atoms with Crippen molar-refractivity contribution in [1.29, 1.82) is 0 Å². The molecule has 126 valence electrons. The highest BCUT2D eigenvalue weighted by atomic mass is 19.4. The number of nitrogens with two attached hydrogens (primary N) is 1. The van der Waals surface area contributed by atoms with Crippen molar-refractivity contribution in [3.8, 4) is 0 Å². The van der Waals surface area contributed by atoms with Crippen molar-refractivity contribution in [2.45, 2.75) is 44.4 Å². The van der Waals surface area contributed by atoms with E-state index in [1.165, 1.54) is 6.07 Å². The van der Waals surface area contributed by atoms with Crippen LogP contribution in [0.4, 0.5) is 13.2 Å². The lowest BCUT2D eigenvalue weighted by Crippen LogP contribution is -2.45. The van der Waals surface area contributed by atoms with Crippen LogP contribution in [-0.2, 0) is 11.0 Å². The molecule has 23 heavy (non-hydrogen) atoms. The van der Waals surface area contributed by atoms with Crippen LogP contribution in [0.2, 0.25) is 0 Å². The lowest BCUT2D eigenvalue weighted by molar-refractivity contribution is -0.137. The second-order valence-corrected chi connectivity index (χ2v) is 6.79. The number of carbonyl (C=O) groups excluding carboxylic acids is 1. The zero-order valence-electron chi connectivity index (χ0n) is 12.9. The summed E-state index contributed by atoms with van der Waals surface area (Å²) in [5.41, 5.74) is 5.90. The minimum atomic E-state index is -4.38. The van der Waals surface area contributed by atoms with Crippen LogP contribution in [0.25, 0.3) is 0 Å². The number of amides is 1. The van der Waals surface area contributed by atoms with Gasteiger partial charge in [0.1, 0.15) is 0 Å². The maximum Gasteiger partial charge on any atom is 0.416 e. The molecule has 5 unspecified atom stereocenters. The van der Waals surface area contributed by atoms with E-state index in [2.05, 4.69) is 5.32 Å². The SMILES string of the molecule is CC(NC(=O)C1C2CCC(C2)C1N)c1cccc(C(F)(F)F)c1. The Morgan fingerprint density at radius 2 is 2.00 bits per heavy atom. The summed E-state index contributed by atoms with van der Waals surface area (Å²) in [4.78, 5) is 12.5. The topological polar surface area (TPSA) is 55.1 Å². The summed E-state index contributed by atoms with van der Waals surface area (Å²) in [6, 6.07) is 4.49. The van der Waals surface area contributed by atoms with Crippen LogP contribution in [0, 0.1) is 17.8 Å². The number of hydrogen-bond donors (Lipinski definition) is 2. The molecule has 0 aliphatic heterocycles. The van der Waals surface area contributed by atoms with Crippen LogP contribution in [0.3, 0.4) is 0 Å². The number of halogens is 3. The first-order valence-electron chi connectivity index (χ1n) is 8.00. The van der Waals surface area contributed by atoms with Crippen molar-refractivity contribution < 1.29 is 18.0 Å². The lowest BCUT2D eigenvalue weighted by atomic mass is 9.84. The van der Waals surface area contributed by atoms with Crippen LogP contribution >= 0.6 is 0 Å². The van der Waals surface area contributed by atoms with Gasteiger partial charge in [-0.2, -0.15) is 13.2 Å². The molecule has 0 heterocycles. The van der Waals surface area contributed by atoms with E-state index in [9.17, 15) is 18.0 Å². The van der Waals surface area contributed by atoms with Crippen LogP contribution in [0.15, 0.2) is 24.3 Å². The molecule has 3 N–H and O–H groups in total. The zero-order valence-corrected chi connectivity index (χ0v) is 12.9. The maximum absolute atomic E-state index is 12.8. The van der Waals surface area contributed by atoms with Gasteiger partial charge in [0.15, 0.2) is 0 Å². The van der Waals surface area contributed by atoms with Gasteiger partial charge in [0.2, 0.25) is 5.91 Å². The predicted molar refractivity (Wildman–Crippen MR) is 80.3 cm³/mol. The van der Waals surface area contributed by atoms with Gasteiger partial charge >= 0.3 is 6.18 Å². The van der Waals surface area contributed by atoms with Gasteiger partial charge in [0.25, 0.3) is 0 Å². The molecule has 2 fully saturated rings. The van der Waals surface area contributed by atoms with Gasteiger partial charge in [-0.25, -0.2) is 0 Å². The minimum absolute atomic E-state index is 0.123. The standard InChI is InChI=1S/C17H21F3N2O/c1-9(10-3-2-4-13(8-10)17(18,19)20)22-16(23)14-11-5-6-12(7-11)15(14)21/h2-4,8-9,11-12,14-15H,5-7,21H2,1H3,(H,22,23). The van der Waals surface area contributed by atoms with Crippen molar-refractivity contribution in [2.24, 2.45) is 23.5 Å². The normalized spacial score (nSPS) is 31.2. The third-order valence-electron chi connectivity index (χ3n) is 5.36. The van der Waals surface area contributed by atoms with Gasteiger partial charge in [-0.1, -0.05) is 12.1 Å². The Labute approximate surface area is 133 Å². The van der Waals surface area contributed by atoms with Gasteiger partial charge in [0.05, 0.1) is 17.5 Å². The maximum atomic E-state index is 12.8. The van der Waals surface area contributed by atoms with Crippen molar-refractivity contribution in [2.75, 3.05) is 0 Å². The molecule has 3 rings (SSSR count). The Balaban J connectivity index is 1.70. The summed E-state index contributed by atoms with van der Waals surface area (Å²) in [5, 5.41) is 2.85. The fourth-order valence-electron chi connectivity index (χ4n) is 4.10. The Kier molecular flexibility index (Phi) is 4.12. The van der Waals surface area contributed by atoms with Crippen LogP contribution < -0.4 is 11.1 Å². The number of alkyl halides is 3. The average molecular weight is 326 g/mol. The van der Waals surface area contributed by atoms with Crippen molar-refractivity contribution in [3.63, 3.8) is 0 Å². The quantitative estimate of drug-likeness (QED) is 0.896. The van der Waals surface area contributed by atoms with E-state index in [0.29, 0.717) is 17.4 Å². The van der Waals surface area contributed by atoms with E-state index in [1.807, 2.05) is 0 Å². The van der Waals surface area contributed by atoms with Crippen molar-refractivity contribution >= 4 is 5.91 Å². The summed E-state index contributed by atoms with van der Waals surface area (Å²) < 4.78 is 38.4. The number of hydrogen-bond acceptors (Lipinski definition) is 2. The summed E-state index contributed by atoms with van der Waals surface area (Å²) in [7, 11) is 0. The second-order valence-electron chi connectivity index (χ2n) is 6.79. The van der Waals surface area contributed by atoms with Crippen molar-refractivity contribution in [1.82, 2.24) is 5.32 Å². The fourth-order valence-corrected chi connectivity index (χ4v) is 4.10. The molecule has 2 saturated carbocycles. The van der Waals surface area contributed by atoms with Gasteiger partial charge in [-0.3, -0.25) is 4.79 Å². The van der Waals surface area contributed by atoms with E-state index in [0.717, 1.165) is 31.4 Å². The van der Waals surface area contributed by atoms with Crippen LogP contribution in [0.5, 0.6) is 0 Å². The summed E-state index contributed by atoms with van der Waals surface area (Å²) in [5.74, 6) is 0.403. The van der Waals surface area contributed by atoms with Gasteiger partial charge < -0.3 is 11.1 Å². The molecular weight excluding hydrogens is 305 g/mol. The summed E-state index contributed by atoms with van der Waals surface area (Å²) in [6.45, 7) is 1.70. The van der Waals surface area contributed by atoms with E-state index in [-0.39, 0.29) is 17.9 Å². The molecule has 0 spiro atoms. The largest absolute Gasteiger partial charge is 0.416 e. The van der Waals surface area contributed by atoms with Crippen LogP contribution in [-0.4, -0.2) is 11.9 Å². The fraction of sp³-hybridized carbons (Fsp3) is 0.588. The first-order valence-corrected chi connectivity index (χ1v) is 8.00. The molecule has 1 amide bonds. The molecule has 1 aromatic carbocycles. The van der Waals surface area contributed by atoms with Crippen molar-refractivity contribution in [3.05, 3.63) is 35.4 Å². The molecule has 3 nitrogen and oxygen atoms in total. The molecule has 2 bridgehead atoms. The Morgan fingerprint density at radius 3 is 2.61 bits per heavy atom. The van der Waals surface area contributed by atoms with E-state index >= 15 is 0 Å². The van der Waals surface area contributed by atoms with Gasteiger partial charge in [-0.05, 0) is 55.7 Å². The summed E-state index contributed by atoms with van der Waals surface area (Å²) >= 11 is 0. The zero-order chi connectivity index (χ0) is 16.8. The minimum Gasteiger partial charge on any atom is -0.349 e. The number of benzene rings is 1. The Bertz CT molecular complexity index is 600. The summed E-state index contributed by atoms with van der Waals surface area (Å²) in [6.07, 6.45) is -1.28. The lowest BCUT2D eigenvalue weighted by Gasteiger charge is -2.28. The molecule has 1 aromatic rings. The molecule has 0 radical (unpaired) electrons. The average Bonchev–Trinajstić information content (AvgIpc) is 3.07.